The zero-order valence-electron chi connectivity index (χ0n) is 10.3. The minimum atomic E-state index is -4.70. The Bertz CT molecular complexity index is 609. The predicted octanol–water partition coefficient (Wildman–Crippen LogP) is 4.98. The van der Waals surface area contributed by atoms with Gasteiger partial charge < -0.3 is 5.32 Å². The van der Waals surface area contributed by atoms with Gasteiger partial charge in [0.05, 0.1) is 15.4 Å². The summed E-state index contributed by atoms with van der Waals surface area (Å²) in [5, 5.41) is 2.85. The minimum absolute atomic E-state index is 0.0170. The maximum Gasteiger partial charge on any atom is 0.419 e. The van der Waals surface area contributed by atoms with Crippen LogP contribution in [0.4, 0.5) is 17.6 Å². The minimum Gasteiger partial charge on any atom is -0.309 e. The number of nitrogens with one attached hydrogen (secondary N) is 1. The molecule has 1 atom stereocenters. The molecule has 1 aromatic heterocycles. The summed E-state index contributed by atoms with van der Waals surface area (Å²) in [5.74, 6) is -1.23. The molecule has 0 saturated heterocycles. The zero-order chi connectivity index (χ0) is 14.9. The molecule has 0 amide bonds. The van der Waals surface area contributed by atoms with E-state index in [-0.39, 0.29) is 5.56 Å². The third-order valence-corrected chi connectivity index (χ3v) is 4.50. The SMILES string of the molecule is CNC(c1ccc(Br)s1)c1cccc(C(F)(F)F)c1F. The van der Waals surface area contributed by atoms with Crippen LogP contribution < -0.4 is 5.32 Å². The van der Waals surface area contributed by atoms with Gasteiger partial charge in [-0.25, -0.2) is 4.39 Å². The second kappa shape index (κ2) is 5.83. The Labute approximate surface area is 125 Å². The normalized spacial score (nSPS) is 13.5. The molecular weight excluding hydrogens is 358 g/mol. The van der Waals surface area contributed by atoms with E-state index in [2.05, 4.69) is 21.2 Å². The van der Waals surface area contributed by atoms with Crippen LogP contribution in [0.1, 0.15) is 22.0 Å². The molecular formula is C13H10BrF4NS. The molecule has 0 spiro atoms. The largest absolute Gasteiger partial charge is 0.419 e. The molecule has 1 N–H and O–H groups in total. The van der Waals surface area contributed by atoms with Crippen LogP contribution >= 0.6 is 27.3 Å². The summed E-state index contributed by atoms with van der Waals surface area (Å²) in [6.45, 7) is 0. The first-order valence-corrected chi connectivity index (χ1v) is 7.23. The van der Waals surface area contributed by atoms with Crippen molar-refractivity contribution in [2.45, 2.75) is 12.2 Å². The zero-order valence-corrected chi connectivity index (χ0v) is 12.7. The number of rotatable bonds is 3. The van der Waals surface area contributed by atoms with Crippen LogP contribution in [0, 0.1) is 5.82 Å². The van der Waals surface area contributed by atoms with Gasteiger partial charge in [0.2, 0.25) is 0 Å². The molecule has 1 unspecified atom stereocenters. The van der Waals surface area contributed by atoms with E-state index < -0.39 is 23.6 Å². The van der Waals surface area contributed by atoms with Crippen LogP contribution in [0.25, 0.3) is 0 Å². The molecule has 0 aliphatic heterocycles. The van der Waals surface area contributed by atoms with Crippen molar-refractivity contribution >= 4 is 27.3 Å². The fourth-order valence-corrected chi connectivity index (χ4v) is 3.48. The van der Waals surface area contributed by atoms with E-state index in [0.29, 0.717) is 0 Å². The van der Waals surface area contributed by atoms with Crippen LogP contribution in [0.5, 0.6) is 0 Å². The van der Waals surface area contributed by atoms with Gasteiger partial charge in [-0.2, -0.15) is 13.2 Å². The van der Waals surface area contributed by atoms with E-state index in [1.807, 2.05) is 0 Å². The fraction of sp³-hybridized carbons (Fsp3) is 0.231. The molecule has 1 aromatic carbocycles. The summed E-state index contributed by atoms with van der Waals surface area (Å²) in [6.07, 6.45) is -4.70. The Morgan fingerprint density at radius 2 is 1.90 bits per heavy atom. The van der Waals surface area contributed by atoms with Gasteiger partial charge in [-0.1, -0.05) is 12.1 Å². The first kappa shape index (κ1) is 15.5. The molecule has 1 heterocycles. The summed E-state index contributed by atoms with van der Waals surface area (Å²) >= 11 is 4.63. The lowest BCUT2D eigenvalue weighted by Crippen LogP contribution is -2.20. The Morgan fingerprint density at radius 3 is 2.40 bits per heavy atom. The molecule has 1 nitrogen and oxygen atoms in total. The maximum atomic E-state index is 14.1. The lowest BCUT2D eigenvalue weighted by atomic mass is 10.0. The average molecular weight is 368 g/mol. The summed E-state index contributed by atoms with van der Waals surface area (Å²) in [7, 11) is 1.58. The molecule has 0 aliphatic carbocycles. The maximum absolute atomic E-state index is 14.1. The smallest absolute Gasteiger partial charge is 0.309 e. The highest BCUT2D eigenvalue weighted by Gasteiger charge is 2.35. The molecule has 2 aromatic rings. The van der Waals surface area contributed by atoms with Crippen LogP contribution in [0.2, 0.25) is 0 Å². The third kappa shape index (κ3) is 3.05. The van der Waals surface area contributed by atoms with Gasteiger partial charge in [-0.3, -0.25) is 0 Å². The number of halogens is 5. The highest BCUT2D eigenvalue weighted by Crippen LogP contribution is 2.37. The van der Waals surface area contributed by atoms with Crippen molar-refractivity contribution in [3.8, 4) is 0 Å². The van der Waals surface area contributed by atoms with Gasteiger partial charge in [0, 0.05) is 10.4 Å². The van der Waals surface area contributed by atoms with Crippen LogP contribution in [-0.4, -0.2) is 7.05 Å². The van der Waals surface area contributed by atoms with Gasteiger partial charge in [0.1, 0.15) is 5.82 Å². The topological polar surface area (TPSA) is 12.0 Å². The molecule has 0 radical (unpaired) electrons. The third-order valence-electron chi connectivity index (χ3n) is 2.81. The Morgan fingerprint density at radius 1 is 1.20 bits per heavy atom. The Hall–Kier alpha value is -0.920. The number of alkyl halides is 3. The van der Waals surface area contributed by atoms with Gasteiger partial charge in [0.15, 0.2) is 0 Å². The molecule has 0 saturated carbocycles. The Kier molecular flexibility index (Phi) is 4.51. The second-order valence-electron chi connectivity index (χ2n) is 4.07. The van der Waals surface area contributed by atoms with Crippen molar-refractivity contribution in [2.75, 3.05) is 7.05 Å². The van der Waals surface area contributed by atoms with E-state index in [4.69, 9.17) is 0 Å². The van der Waals surface area contributed by atoms with E-state index in [0.717, 1.165) is 14.7 Å². The van der Waals surface area contributed by atoms with E-state index in [1.54, 1.807) is 19.2 Å². The fourth-order valence-electron chi connectivity index (χ4n) is 1.93. The molecule has 0 aliphatic rings. The average Bonchev–Trinajstić information content (AvgIpc) is 2.77. The number of hydrogen-bond acceptors (Lipinski definition) is 2. The van der Waals surface area contributed by atoms with Crippen molar-refractivity contribution in [1.29, 1.82) is 0 Å². The Balaban J connectivity index is 2.51. The van der Waals surface area contributed by atoms with Crippen molar-refractivity contribution in [2.24, 2.45) is 0 Å². The van der Waals surface area contributed by atoms with E-state index in [1.165, 1.54) is 23.5 Å². The lowest BCUT2D eigenvalue weighted by molar-refractivity contribution is -0.140. The monoisotopic (exact) mass is 367 g/mol. The van der Waals surface area contributed by atoms with Gasteiger partial charge in [-0.05, 0) is 41.2 Å². The van der Waals surface area contributed by atoms with Crippen molar-refractivity contribution < 1.29 is 17.6 Å². The standard InChI is InChI=1S/C13H10BrF4NS/c1-19-12(9-5-6-10(14)20-9)7-3-2-4-8(11(7)15)13(16,17)18/h2-6,12,19H,1H3. The first-order valence-electron chi connectivity index (χ1n) is 5.62. The number of benzene rings is 1. The van der Waals surface area contributed by atoms with Crippen molar-refractivity contribution in [1.82, 2.24) is 5.32 Å². The van der Waals surface area contributed by atoms with E-state index >= 15 is 0 Å². The summed E-state index contributed by atoms with van der Waals surface area (Å²) in [6, 6.07) is 6.23. The van der Waals surface area contributed by atoms with E-state index in [9.17, 15) is 17.6 Å². The molecule has 0 fully saturated rings. The molecule has 108 valence electrons. The predicted molar refractivity (Wildman–Crippen MR) is 74.3 cm³/mol. The van der Waals surface area contributed by atoms with Gasteiger partial charge >= 0.3 is 6.18 Å². The lowest BCUT2D eigenvalue weighted by Gasteiger charge is -2.18. The van der Waals surface area contributed by atoms with Crippen molar-refractivity contribution in [3.63, 3.8) is 0 Å². The summed E-state index contributed by atoms with van der Waals surface area (Å²) in [4.78, 5) is 0.734. The van der Waals surface area contributed by atoms with Crippen LogP contribution in [-0.2, 0) is 6.18 Å². The first-order chi connectivity index (χ1) is 9.34. The van der Waals surface area contributed by atoms with Gasteiger partial charge in [0.25, 0.3) is 0 Å². The van der Waals surface area contributed by atoms with Crippen molar-refractivity contribution in [3.05, 3.63) is 55.9 Å². The molecule has 0 bridgehead atoms. The summed E-state index contributed by atoms with van der Waals surface area (Å²) < 4.78 is 53.2. The summed E-state index contributed by atoms with van der Waals surface area (Å²) in [5.41, 5.74) is -1.26. The van der Waals surface area contributed by atoms with Crippen LogP contribution in [0.3, 0.4) is 0 Å². The highest BCUT2D eigenvalue weighted by molar-refractivity contribution is 9.11. The molecule has 7 heteroatoms. The quantitative estimate of drug-likeness (QED) is 0.754. The van der Waals surface area contributed by atoms with Gasteiger partial charge in [-0.15, -0.1) is 11.3 Å². The highest BCUT2D eigenvalue weighted by atomic mass is 79.9. The van der Waals surface area contributed by atoms with Crippen LogP contribution in [0.15, 0.2) is 34.1 Å². The molecule has 2 rings (SSSR count). The number of thiophene rings is 1. The molecule has 20 heavy (non-hydrogen) atoms. The second-order valence-corrected chi connectivity index (χ2v) is 6.56. The number of hydrogen-bond donors (Lipinski definition) is 1.